The van der Waals surface area contributed by atoms with Crippen molar-refractivity contribution < 1.29 is 29.0 Å². The van der Waals surface area contributed by atoms with Gasteiger partial charge >= 0.3 is 5.97 Å². The van der Waals surface area contributed by atoms with Crippen LogP contribution in [0.5, 0.6) is 5.75 Å². The Morgan fingerprint density at radius 3 is 2.38 bits per heavy atom. The molecule has 0 radical (unpaired) electrons. The Labute approximate surface area is 170 Å². The van der Waals surface area contributed by atoms with E-state index in [4.69, 9.17) is 14.6 Å². The highest BCUT2D eigenvalue weighted by Gasteiger charge is 2.34. The van der Waals surface area contributed by atoms with Gasteiger partial charge in [0.05, 0.1) is 18.6 Å². The van der Waals surface area contributed by atoms with Crippen molar-refractivity contribution in [3.8, 4) is 5.75 Å². The van der Waals surface area contributed by atoms with Gasteiger partial charge in [0.15, 0.2) is 5.54 Å². The highest BCUT2D eigenvalue weighted by molar-refractivity contribution is 6.40. The van der Waals surface area contributed by atoms with Gasteiger partial charge in [0.1, 0.15) is 12.4 Å². The normalized spacial score (nSPS) is 11.8. The van der Waals surface area contributed by atoms with Crippen molar-refractivity contribution in [2.24, 2.45) is 10.6 Å². The van der Waals surface area contributed by atoms with Crippen LogP contribution < -0.4 is 4.74 Å². The molecule has 29 heavy (non-hydrogen) atoms. The first-order valence-electron chi connectivity index (χ1n) is 9.36. The summed E-state index contributed by atoms with van der Waals surface area (Å²) in [5.74, 6) is -1.88. The molecule has 0 atom stereocenters. The Morgan fingerprint density at radius 1 is 1.14 bits per heavy atom. The summed E-state index contributed by atoms with van der Waals surface area (Å²) in [5, 5.41) is 11.8. The molecule has 0 heterocycles. The zero-order valence-electron chi connectivity index (χ0n) is 17.6. The van der Waals surface area contributed by atoms with Gasteiger partial charge in [0.25, 0.3) is 0 Å². The molecule has 0 fully saturated rings. The van der Waals surface area contributed by atoms with Crippen LogP contribution in [0, 0.1) is 17.2 Å². The summed E-state index contributed by atoms with van der Waals surface area (Å²) < 4.78 is 11.1. The van der Waals surface area contributed by atoms with E-state index in [0.29, 0.717) is 25.2 Å². The Balaban J connectivity index is 2.55. The minimum absolute atomic E-state index is 0.0939. The number of Topliss-reactive ketones (excluding diaryl/α,β-unsaturated/α-hetero) is 2. The molecule has 1 aromatic carbocycles. The number of carboxylic acid groups (broad SMARTS) is 1. The smallest absolute Gasteiger partial charge is 0.309 e. The average molecular weight is 407 g/mol. The Morgan fingerprint density at radius 2 is 1.79 bits per heavy atom. The molecule has 0 bridgehead atoms. The van der Waals surface area contributed by atoms with Gasteiger partial charge in [-0.3, -0.25) is 14.4 Å². The van der Waals surface area contributed by atoms with Gasteiger partial charge in [-0.2, -0.15) is 0 Å². The van der Waals surface area contributed by atoms with Crippen molar-refractivity contribution in [3.63, 3.8) is 0 Å². The molecule has 1 rings (SSSR count). The second-order valence-corrected chi connectivity index (χ2v) is 8.14. The van der Waals surface area contributed by atoms with Crippen LogP contribution in [-0.2, 0) is 25.7 Å². The van der Waals surface area contributed by atoms with Crippen LogP contribution in [0.1, 0.15) is 51.7 Å². The summed E-state index contributed by atoms with van der Waals surface area (Å²) in [4.78, 5) is 45.4. The number of rotatable bonds is 13. The number of hydrogen-bond acceptors (Lipinski definition) is 7. The number of aryl methyl sites for hydroxylation is 1. The topological polar surface area (TPSA) is 119 Å². The molecule has 0 unspecified atom stereocenters. The van der Waals surface area contributed by atoms with Crippen LogP contribution in [0.4, 0.5) is 0 Å². The van der Waals surface area contributed by atoms with Crippen molar-refractivity contribution >= 4 is 17.5 Å². The van der Waals surface area contributed by atoms with Gasteiger partial charge in [-0.05, 0) is 64.7 Å². The molecular weight excluding hydrogens is 378 g/mol. The first-order chi connectivity index (χ1) is 13.4. The van der Waals surface area contributed by atoms with E-state index in [-0.39, 0.29) is 6.61 Å². The van der Waals surface area contributed by atoms with Crippen LogP contribution in [0.2, 0.25) is 0 Å². The van der Waals surface area contributed by atoms with E-state index in [0.717, 1.165) is 11.1 Å². The molecule has 160 valence electrons. The first-order valence-corrected chi connectivity index (χ1v) is 9.36. The van der Waals surface area contributed by atoms with Crippen LogP contribution >= 0.6 is 0 Å². The summed E-state index contributed by atoms with van der Waals surface area (Å²) in [5.41, 5.74) is -0.729. The van der Waals surface area contributed by atoms with E-state index >= 15 is 0 Å². The number of nitroso groups, excluding NO2 is 1. The molecule has 0 saturated carbocycles. The molecule has 1 aromatic rings. The first kappa shape index (κ1) is 24.4. The van der Waals surface area contributed by atoms with Crippen molar-refractivity contribution in [2.75, 3.05) is 13.2 Å². The minimum Gasteiger partial charge on any atom is -0.493 e. The number of ether oxygens (including phenoxy) is 2. The van der Waals surface area contributed by atoms with Crippen LogP contribution in [-0.4, -0.2) is 41.4 Å². The Hall–Kier alpha value is -2.61. The molecule has 0 amide bonds. The molecule has 0 saturated heterocycles. The summed E-state index contributed by atoms with van der Waals surface area (Å²) >= 11 is 0. The second-order valence-electron chi connectivity index (χ2n) is 8.14. The molecular formula is C21H29NO7. The SMILES string of the molecule is Cc1ccc(COCC(=O)C(=O)C(C)(C)N=O)cc1OCCCC(C)(C)C(=O)O. The van der Waals surface area contributed by atoms with Gasteiger partial charge in [-0.25, -0.2) is 0 Å². The fourth-order valence-corrected chi connectivity index (χ4v) is 2.40. The highest BCUT2D eigenvalue weighted by atomic mass is 16.5. The van der Waals surface area contributed by atoms with Gasteiger partial charge in [-0.15, -0.1) is 4.91 Å². The predicted molar refractivity (Wildman–Crippen MR) is 107 cm³/mol. The molecule has 0 spiro atoms. The zero-order chi connectivity index (χ0) is 22.2. The van der Waals surface area contributed by atoms with E-state index in [1.165, 1.54) is 13.8 Å². The number of nitrogens with zero attached hydrogens (tertiary/aromatic N) is 1. The molecule has 1 N–H and O–H groups in total. The van der Waals surface area contributed by atoms with Gasteiger partial charge in [0, 0.05) is 0 Å². The van der Waals surface area contributed by atoms with Gasteiger partial charge in [-0.1, -0.05) is 17.3 Å². The Kier molecular flexibility index (Phi) is 8.63. The lowest BCUT2D eigenvalue weighted by Crippen LogP contribution is -2.37. The average Bonchev–Trinajstić information content (AvgIpc) is 2.66. The van der Waals surface area contributed by atoms with E-state index < -0.39 is 35.1 Å². The standard InChI is InChI=1S/C21H29NO7/c1-14-7-8-15(12-28-13-16(23)18(24)21(4,5)22-27)11-17(14)29-10-6-9-20(2,3)19(25)26/h7-8,11H,6,9-10,12-13H2,1-5H3,(H,25,26). The third-order valence-electron chi connectivity index (χ3n) is 4.57. The maximum absolute atomic E-state index is 11.8. The molecule has 0 aliphatic heterocycles. The number of carbonyl (C=O) groups excluding carboxylic acids is 2. The second kappa shape index (κ2) is 10.2. The largest absolute Gasteiger partial charge is 0.493 e. The summed E-state index contributed by atoms with van der Waals surface area (Å²) in [6.07, 6.45) is 1.09. The van der Waals surface area contributed by atoms with Crippen LogP contribution in [0.25, 0.3) is 0 Å². The monoisotopic (exact) mass is 407 g/mol. The number of carboxylic acids is 1. The molecule has 0 aliphatic carbocycles. The van der Waals surface area contributed by atoms with E-state index in [1.54, 1.807) is 19.9 Å². The van der Waals surface area contributed by atoms with Crippen molar-refractivity contribution in [2.45, 2.75) is 59.6 Å². The quantitative estimate of drug-likeness (QED) is 0.302. The van der Waals surface area contributed by atoms with Gasteiger partial charge < -0.3 is 14.6 Å². The third-order valence-corrected chi connectivity index (χ3v) is 4.57. The fraction of sp³-hybridized carbons (Fsp3) is 0.571. The number of hydrogen-bond donors (Lipinski definition) is 1. The molecule has 0 aromatic heterocycles. The number of aliphatic carboxylic acids is 1. The summed E-state index contributed by atoms with van der Waals surface area (Å²) in [7, 11) is 0. The predicted octanol–water partition coefficient (Wildman–Crippen LogP) is 3.46. The van der Waals surface area contributed by atoms with Crippen LogP contribution in [0.3, 0.4) is 0 Å². The fourth-order valence-electron chi connectivity index (χ4n) is 2.40. The zero-order valence-corrected chi connectivity index (χ0v) is 17.6. The van der Waals surface area contributed by atoms with Crippen molar-refractivity contribution in [3.05, 3.63) is 34.2 Å². The highest BCUT2D eigenvalue weighted by Crippen LogP contribution is 2.24. The third kappa shape index (κ3) is 7.38. The molecule has 8 nitrogen and oxygen atoms in total. The van der Waals surface area contributed by atoms with Crippen molar-refractivity contribution in [1.82, 2.24) is 0 Å². The van der Waals surface area contributed by atoms with E-state index in [2.05, 4.69) is 5.18 Å². The number of ketones is 2. The minimum atomic E-state index is -1.60. The van der Waals surface area contributed by atoms with E-state index in [9.17, 15) is 19.3 Å². The lowest BCUT2D eigenvalue weighted by Gasteiger charge is -2.19. The van der Waals surface area contributed by atoms with E-state index in [1.807, 2.05) is 19.1 Å². The Bertz CT molecular complexity index is 768. The summed E-state index contributed by atoms with van der Waals surface area (Å²) in [6.45, 7) is 7.83. The molecule has 0 aliphatic rings. The number of benzene rings is 1. The lowest BCUT2D eigenvalue weighted by atomic mass is 9.88. The van der Waals surface area contributed by atoms with Crippen LogP contribution in [0.15, 0.2) is 23.4 Å². The maximum atomic E-state index is 11.8. The van der Waals surface area contributed by atoms with Crippen molar-refractivity contribution in [1.29, 1.82) is 0 Å². The number of carbonyl (C=O) groups is 3. The molecule has 8 heteroatoms. The lowest BCUT2D eigenvalue weighted by molar-refractivity contribution is -0.147. The summed E-state index contributed by atoms with van der Waals surface area (Å²) in [6, 6.07) is 5.45. The maximum Gasteiger partial charge on any atom is 0.309 e. The van der Waals surface area contributed by atoms with Gasteiger partial charge in [0.2, 0.25) is 11.6 Å².